The molecule has 0 unspecified atom stereocenters. The van der Waals surface area contributed by atoms with Crippen LogP contribution in [-0.2, 0) is 17.1 Å². The Morgan fingerprint density at radius 2 is 1.77 bits per heavy atom. The highest BCUT2D eigenvalue weighted by atomic mass is 35.5. The van der Waals surface area contributed by atoms with Crippen LogP contribution in [0.15, 0.2) is 23.2 Å². The summed E-state index contributed by atoms with van der Waals surface area (Å²) in [7, 11) is -3.55. The van der Waals surface area contributed by atoms with E-state index in [0.29, 0.717) is 0 Å². The molecular weight excluding hydrogens is 492 g/mol. The molecule has 0 bridgehead atoms. The normalized spacial score (nSPS) is 16.1. The number of amides is 1. The molecule has 14 heteroatoms. The van der Waals surface area contributed by atoms with Gasteiger partial charge in [-0.25, -0.2) is 17.2 Å². The molecule has 0 atom stereocenters. The second kappa shape index (κ2) is 7.91. The summed E-state index contributed by atoms with van der Waals surface area (Å²) in [6, 6.07) is 1.68. The molecule has 2 aromatic rings. The molecule has 1 aromatic heterocycles. The lowest BCUT2D eigenvalue weighted by Gasteiger charge is -2.43. The van der Waals surface area contributed by atoms with Crippen LogP contribution in [0.5, 0.6) is 0 Å². The minimum atomic E-state index is -4.82. The summed E-state index contributed by atoms with van der Waals surface area (Å²) >= 11 is 11.5. The summed E-state index contributed by atoms with van der Waals surface area (Å²) in [6.45, 7) is 0. The van der Waals surface area contributed by atoms with Gasteiger partial charge < -0.3 is 9.88 Å². The number of anilines is 1. The lowest BCUT2D eigenvalue weighted by molar-refractivity contribution is -0.212. The Balaban J connectivity index is 1.93. The average Bonchev–Trinajstić information content (AvgIpc) is 2.93. The number of aryl methyl sites for hydroxylation is 1. The molecule has 170 valence electrons. The van der Waals surface area contributed by atoms with Crippen LogP contribution in [0.4, 0.5) is 27.6 Å². The number of alkyl halides is 3. The second-order valence-electron chi connectivity index (χ2n) is 6.98. The summed E-state index contributed by atoms with van der Waals surface area (Å²) in [6.07, 6.45) is -4.64. The van der Waals surface area contributed by atoms with Crippen molar-refractivity contribution in [2.45, 2.75) is 35.9 Å². The molecule has 0 saturated heterocycles. The van der Waals surface area contributed by atoms with Gasteiger partial charge in [0, 0.05) is 13.2 Å². The molecule has 0 aliphatic heterocycles. The van der Waals surface area contributed by atoms with Gasteiger partial charge in [0.25, 0.3) is 5.91 Å². The molecular formula is C17H14Cl2F5N3O3S. The third-order valence-electron chi connectivity index (χ3n) is 4.96. The number of halogens is 7. The van der Waals surface area contributed by atoms with Crippen LogP contribution in [0.1, 0.15) is 29.8 Å². The van der Waals surface area contributed by atoms with E-state index in [1.54, 1.807) is 4.72 Å². The molecule has 3 rings (SSSR count). The first-order valence-corrected chi connectivity index (χ1v) is 10.8. The smallest absolute Gasteiger partial charge is 0.344 e. The van der Waals surface area contributed by atoms with Gasteiger partial charge in [-0.05, 0) is 31.4 Å². The van der Waals surface area contributed by atoms with Crippen molar-refractivity contribution in [2.24, 2.45) is 7.05 Å². The van der Waals surface area contributed by atoms with Gasteiger partial charge in [-0.2, -0.15) is 17.9 Å². The van der Waals surface area contributed by atoms with Crippen LogP contribution in [0.25, 0.3) is 0 Å². The van der Waals surface area contributed by atoms with Gasteiger partial charge in [0.1, 0.15) is 27.0 Å². The third-order valence-corrected chi connectivity index (χ3v) is 7.34. The van der Waals surface area contributed by atoms with E-state index >= 15 is 0 Å². The minimum Gasteiger partial charge on any atom is -0.344 e. The van der Waals surface area contributed by atoms with E-state index in [9.17, 15) is 35.2 Å². The monoisotopic (exact) mass is 505 g/mol. The highest BCUT2D eigenvalue weighted by Crippen LogP contribution is 2.46. The van der Waals surface area contributed by atoms with Gasteiger partial charge in [-0.1, -0.05) is 23.2 Å². The Kier molecular flexibility index (Phi) is 6.06. The number of hydrogen-bond donors (Lipinski definition) is 2. The second-order valence-corrected chi connectivity index (χ2v) is 9.39. The number of carbonyl (C=O) groups is 1. The summed E-state index contributed by atoms with van der Waals surface area (Å²) in [4.78, 5) is 11.8. The number of nitrogens with one attached hydrogen (secondary N) is 2. The van der Waals surface area contributed by atoms with E-state index < -0.39 is 78.4 Å². The third kappa shape index (κ3) is 4.13. The fraction of sp³-hybridized carbons (Fsp3) is 0.353. The van der Waals surface area contributed by atoms with Gasteiger partial charge in [0.2, 0.25) is 10.0 Å². The van der Waals surface area contributed by atoms with Crippen LogP contribution in [-0.4, -0.2) is 30.6 Å². The minimum absolute atomic E-state index is 0.185. The highest BCUT2D eigenvalue weighted by molar-refractivity contribution is 7.89. The number of hydrogen-bond acceptors (Lipinski definition) is 3. The maximum atomic E-state index is 14.0. The Morgan fingerprint density at radius 3 is 2.29 bits per heavy atom. The van der Waals surface area contributed by atoms with Crippen LogP contribution < -0.4 is 10.0 Å². The predicted molar refractivity (Wildman–Crippen MR) is 103 cm³/mol. The molecule has 31 heavy (non-hydrogen) atoms. The molecule has 1 saturated carbocycles. The predicted octanol–water partition coefficient (Wildman–Crippen LogP) is 4.63. The fourth-order valence-electron chi connectivity index (χ4n) is 3.11. The van der Waals surface area contributed by atoms with Crippen molar-refractivity contribution in [2.75, 3.05) is 5.32 Å². The van der Waals surface area contributed by atoms with Crippen LogP contribution in [0, 0.1) is 11.6 Å². The zero-order chi connectivity index (χ0) is 23.4. The van der Waals surface area contributed by atoms with Crippen molar-refractivity contribution < 1.29 is 35.2 Å². The van der Waals surface area contributed by atoms with Gasteiger partial charge in [0.05, 0.1) is 10.7 Å². The maximum Gasteiger partial charge on any atom is 0.407 e. The van der Waals surface area contributed by atoms with Gasteiger partial charge in [0.15, 0.2) is 5.82 Å². The van der Waals surface area contributed by atoms with Crippen molar-refractivity contribution in [3.8, 4) is 0 Å². The van der Waals surface area contributed by atoms with Crippen molar-refractivity contribution in [1.29, 1.82) is 0 Å². The van der Waals surface area contributed by atoms with Gasteiger partial charge in [-0.3, -0.25) is 4.79 Å². The van der Waals surface area contributed by atoms with Crippen LogP contribution in [0.3, 0.4) is 0 Å². The van der Waals surface area contributed by atoms with E-state index in [1.165, 1.54) is 7.05 Å². The number of nitrogens with zero attached hydrogens (tertiary/aromatic N) is 1. The number of carbonyl (C=O) groups excluding carboxylic acids is 1. The molecule has 1 aliphatic rings. The van der Waals surface area contributed by atoms with Crippen LogP contribution >= 0.6 is 23.2 Å². The van der Waals surface area contributed by atoms with Crippen molar-refractivity contribution in [3.63, 3.8) is 0 Å². The summed E-state index contributed by atoms with van der Waals surface area (Å²) in [5.74, 6) is -3.43. The number of aromatic nitrogens is 1. The largest absolute Gasteiger partial charge is 0.407 e. The first-order valence-electron chi connectivity index (χ1n) is 8.60. The summed E-state index contributed by atoms with van der Waals surface area (Å²) in [5, 5.41) is 0.528. The highest BCUT2D eigenvalue weighted by Gasteiger charge is 2.60. The van der Waals surface area contributed by atoms with Crippen molar-refractivity contribution in [1.82, 2.24) is 9.29 Å². The SMILES string of the molecule is Cn1cc(S(=O)(=O)NC2(C(F)(F)F)CCC2)c(Cl)c1C(=O)Nc1ccc(F)c(Cl)c1F. The van der Waals surface area contributed by atoms with Gasteiger partial charge >= 0.3 is 6.18 Å². The lowest BCUT2D eigenvalue weighted by atomic mass is 9.77. The molecule has 2 N–H and O–H groups in total. The van der Waals surface area contributed by atoms with E-state index in [-0.39, 0.29) is 6.42 Å². The zero-order valence-electron chi connectivity index (χ0n) is 15.6. The Hall–Kier alpha value is -1.89. The first-order chi connectivity index (χ1) is 14.2. The quantitative estimate of drug-likeness (QED) is 0.459. The maximum absolute atomic E-state index is 14.0. The Morgan fingerprint density at radius 1 is 1.16 bits per heavy atom. The molecule has 6 nitrogen and oxygen atoms in total. The molecule has 1 aliphatic carbocycles. The molecule has 1 heterocycles. The zero-order valence-corrected chi connectivity index (χ0v) is 17.9. The van der Waals surface area contributed by atoms with E-state index in [0.717, 1.165) is 22.9 Å². The lowest BCUT2D eigenvalue weighted by Crippen LogP contribution is -2.62. The number of sulfonamides is 1. The average molecular weight is 506 g/mol. The Bertz CT molecular complexity index is 1160. The summed E-state index contributed by atoms with van der Waals surface area (Å²) in [5.41, 5.74) is -3.60. The Labute approximate surface area is 183 Å². The van der Waals surface area contributed by atoms with E-state index in [2.05, 4.69) is 5.32 Å². The van der Waals surface area contributed by atoms with Crippen LogP contribution in [0.2, 0.25) is 10.0 Å². The van der Waals surface area contributed by atoms with Crippen molar-refractivity contribution >= 4 is 44.8 Å². The van der Waals surface area contributed by atoms with Crippen molar-refractivity contribution in [3.05, 3.63) is 45.7 Å². The molecule has 1 aromatic carbocycles. The fourth-order valence-corrected chi connectivity index (χ4v) is 5.42. The standard InChI is InChI=1S/C17H14Cl2F5N3O3S/c1-27-7-10(31(29,30)26-16(5-2-6-16)17(22,23)24)12(19)14(27)15(28)25-9-4-3-8(20)11(18)13(9)21/h3-4,7,26H,2,5-6H2,1H3,(H,25,28). The topological polar surface area (TPSA) is 80.2 Å². The first kappa shape index (κ1) is 23.8. The molecule has 1 fully saturated rings. The van der Waals surface area contributed by atoms with Gasteiger partial charge in [-0.15, -0.1) is 0 Å². The summed E-state index contributed by atoms with van der Waals surface area (Å²) < 4.78 is 95.2. The number of benzene rings is 1. The number of rotatable bonds is 5. The molecule has 1 amide bonds. The molecule has 0 radical (unpaired) electrons. The van der Waals surface area contributed by atoms with E-state index in [1.807, 2.05) is 0 Å². The molecule has 0 spiro atoms. The van der Waals surface area contributed by atoms with E-state index in [4.69, 9.17) is 23.2 Å².